The maximum absolute atomic E-state index is 12.4. The Hall–Kier alpha value is -3.35. The van der Waals surface area contributed by atoms with E-state index >= 15 is 0 Å². The first-order valence-corrected chi connectivity index (χ1v) is 6.31. The molecular weight excluding hydrogens is 329 g/mol. The third-order valence-corrected chi connectivity index (χ3v) is 2.54. The highest BCUT2D eigenvalue weighted by Gasteiger charge is 2.38. The summed E-state index contributed by atoms with van der Waals surface area (Å²) in [6.45, 7) is -0.0360. The molecule has 0 radical (unpaired) electrons. The zero-order valence-electron chi connectivity index (χ0n) is 11.9. The zero-order chi connectivity index (χ0) is 17.6. The molecule has 1 heterocycles. The van der Waals surface area contributed by atoms with Gasteiger partial charge in [0, 0.05) is 11.1 Å². The van der Waals surface area contributed by atoms with Gasteiger partial charge in [-0.1, -0.05) is 28.4 Å². The SMILES string of the molecule is C#CCO/N=C\NC(=O)c1ccc(-c2noc(C(F)(F)F)n2)cc1. The molecule has 7 nitrogen and oxygen atoms in total. The number of oxime groups is 1. The van der Waals surface area contributed by atoms with E-state index < -0.39 is 18.0 Å². The van der Waals surface area contributed by atoms with Crippen molar-refractivity contribution in [2.24, 2.45) is 5.16 Å². The highest BCUT2D eigenvalue weighted by molar-refractivity contribution is 6.00. The topological polar surface area (TPSA) is 89.6 Å². The zero-order valence-corrected chi connectivity index (χ0v) is 11.9. The summed E-state index contributed by atoms with van der Waals surface area (Å²) in [5, 5.41) is 8.94. The van der Waals surface area contributed by atoms with Gasteiger partial charge < -0.3 is 14.7 Å². The number of nitrogens with zero attached hydrogens (tertiary/aromatic N) is 3. The molecule has 2 aromatic rings. The second-order valence-corrected chi connectivity index (χ2v) is 4.18. The van der Waals surface area contributed by atoms with Gasteiger partial charge >= 0.3 is 12.1 Å². The minimum atomic E-state index is -4.72. The number of rotatable bonds is 5. The largest absolute Gasteiger partial charge is 0.471 e. The van der Waals surface area contributed by atoms with Gasteiger partial charge in [0.1, 0.15) is 6.34 Å². The van der Waals surface area contributed by atoms with Gasteiger partial charge in [-0.2, -0.15) is 18.2 Å². The molecule has 1 aromatic carbocycles. The second kappa shape index (κ2) is 7.28. The number of amides is 1. The molecule has 1 aromatic heterocycles. The van der Waals surface area contributed by atoms with Gasteiger partial charge in [0.25, 0.3) is 5.91 Å². The van der Waals surface area contributed by atoms with Crippen LogP contribution in [-0.4, -0.2) is 29.0 Å². The number of terminal acetylenes is 1. The summed E-state index contributed by atoms with van der Waals surface area (Å²) in [4.78, 5) is 19.6. The van der Waals surface area contributed by atoms with Crippen molar-refractivity contribution in [2.75, 3.05) is 6.61 Å². The number of benzene rings is 1. The van der Waals surface area contributed by atoms with E-state index in [0.717, 1.165) is 6.34 Å². The van der Waals surface area contributed by atoms with Crippen LogP contribution in [0.3, 0.4) is 0 Å². The molecule has 0 aliphatic rings. The maximum Gasteiger partial charge on any atom is 0.471 e. The Kier molecular flexibility index (Phi) is 5.16. The Labute approximate surface area is 133 Å². The van der Waals surface area contributed by atoms with E-state index in [0.29, 0.717) is 0 Å². The van der Waals surface area contributed by atoms with Crippen LogP contribution in [0.25, 0.3) is 11.4 Å². The normalized spacial score (nSPS) is 11.2. The lowest BCUT2D eigenvalue weighted by atomic mass is 10.1. The molecule has 0 saturated heterocycles. The molecule has 1 amide bonds. The van der Waals surface area contributed by atoms with Crippen LogP contribution >= 0.6 is 0 Å². The Morgan fingerprint density at radius 3 is 2.71 bits per heavy atom. The van der Waals surface area contributed by atoms with Gasteiger partial charge in [0.05, 0.1) is 0 Å². The summed E-state index contributed by atoms with van der Waals surface area (Å²) >= 11 is 0. The van der Waals surface area contributed by atoms with Crippen molar-refractivity contribution >= 4 is 12.2 Å². The molecule has 0 atom stereocenters. The Balaban J connectivity index is 2.03. The first-order chi connectivity index (χ1) is 11.4. The molecule has 0 unspecified atom stereocenters. The lowest BCUT2D eigenvalue weighted by Crippen LogP contribution is -2.21. The molecule has 0 aliphatic carbocycles. The summed E-state index contributed by atoms with van der Waals surface area (Å²) in [5.41, 5.74) is 0.499. The second-order valence-electron chi connectivity index (χ2n) is 4.18. The number of alkyl halides is 3. The lowest BCUT2D eigenvalue weighted by Gasteiger charge is -2.00. The number of hydrogen-bond donors (Lipinski definition) is 1. The van der Waals surface area contributed by atoms with Crippen LogP contribution in [-0.2, 0) is 11.0 Å². The summed E-state index contributed by atoms with van der Waals surface area (Å²) < 4.78 is 41.3. The lowest BCUT2D eigenvalue weighted by molar-refractivity contribution is -0.159. The van der Waals surface area contributed by atoms with Crippen molar-refractivity contribution in [3.05, 3.63) is 35.7 Å². The van der Waals surface area contributed by atoms with Crippen molar-refractivity contribution < 1.29 is 27.3 Å². The Morgan fingerprint density at radius 1 is 1.42 bits per heavy atom. The van der Waals surface area contributed by atoms with Crippen molar-refractivity contribution in [1.82, 2.24) is 15.5 Å². The molecule has 0 aliphatic heterocycles. The van der Waals surface area contributed by atoms with E-state index in [1.807, 2.05) is 0 Å². The molecule has 10 heteroatoms. The fraction of sp³-hybridized carbons (Fsp3) is 0.143. The van der Waals surface area contributed by atoms with Crippen molar-refractivity contribution in [1.29, 1.82) is 0 Å². The number of hydrogen-bond acceptors (Lipinski definition) is 6. The first-order valence-electron chi connectivity index (χ1n) is 6.31. The number of halogens is 3. The molecule has 0 fully saturated rings. The molecule has 24 heavy (non-hydrogen) atoms. The van der Waals surface area contributed by atoms with Crippen LogP contribution in [0.15, 0.2) is 33.9 Å². The Morgan fingerprint density at radius 2 is 2.12 bits per heavy atom. The monoisotopic (exact) mass is 338 g/mol. The molecule has 0 saturated carbocycles. The summed E-state index contributed by atoms with van der Waals surface area (Å²) in [7, 11) is 0. The van der Waals surface area contributed by atoms with Crippen molar-refractivity contribution in [3.8, 4) is 23.7 Å². The minimum Gasteiger partial charge on any atom is -0.381 e. The van der Waals surface area contributed by atoms with Crippen LogP contribution in [0.2, 0.25) is 0 Å². The summed E-state index contributed by atoms with van der Waals surface area (Å²) in [5.74, 6) is 0.000904. The van der Waals surface area contributed by atoms with Gasteiger partial charge in [0.15, 0.2) is 6.61 Å². The molecule has 1 N–H and O–H groups in total. The van der Waals surface area contributed by atoms with E-state index in [1.54, 1.807) is 0 Å². The van der Waals surface area contributed by atoms with Gasteiger partial charge in [-0.3, -0.25) is 4.79 Å². The molecule has 0 bridgehead atoms. The number of carbonyl (C=O) groups is 1. The average Bonchev–Trinajstić information content (AvgIpc) is 3.05. The first kappa shape index (κ1) is 17.0. The summed E-state index contributed by atoms with van der Waals surface area (Å²) in [6.07, 6.45) is 1.23. The third kappa shape index (κ3) is 4.33. The number of aromatic nitrogens is 2. The third-order valence-electron chi connectivity index (χ3n) is 2.54. The Bertz CT molecular complexity index is 776. The fourth-order valence-electron chi connectivity index (χ4n) is 1.51. The van der Waals surface area contributed by atoms with Gasteiger partial charge in [-0.05, 0) is 12.1 Å². The molecule has 124 valence electrons. The van der Waals surface area contributed by atoms with Crippen LogP contribution in [0, 0.1) is 12.3 Å². The van der Waals surface area contributed by atoms with E-state index in [2.05, 4.69) is 35.9 Å². The fourth-order valence-corrected chi connectivity index (χ4v) is 1.51. The van der Waals surface area contributed by atoms with Gasteiger partial charge in [0.2, 0.25) is 5.82 Å². The molecule has 0 spiro atoms. The van der Waals surface area contributed by atoms with Crippen LogP contribution < -0.4 is 5.32 Å². The van der Waals surface area contributed by atoms with Crippen molar-refractivity contribution in [2.45, 2.75) is 6.18 Å². The van der Waals surface area contributed by atoms with E-state index in [9.17, 15) is 18.0 Å². The predicted octanol–water partition coefficient (Wildman–Crippen LogP) is 2.08. The van der Waals surface area contributed by atoms with Gasteiger partial charge in [-0.25, -0.2) is 0 Å². The molecule has 2 rings (SSSR count). The summed E-state index contributed by atoms with van der Waals surface area (Å²) in [6, 6.07) is 5.52. The van der Waals surface area contributed by atoms with E-state index in [1.165, 1.54) is 24.3 Å². The van der Waals surface area contributed by atoms with E-state index in [4.69, 9.17) is 6.42 Å². The maximum atomic E-state index is 12.4. The number of nitrogens with one attached hydrogen (secondary N) is 1. The highest BCUT2D eigenvalue weighted by Crippen LogP contribution is 2.29. The van der Waals surface area contributed by atoms with Crippen LogP contribution in [0.1, 0.15) is 16.2 Å². The highest BCUT2D eigenvalue weighted by atomic mass is 19.4. The van der Waals surface area contributed by atoms with Crippen molar-refractivity contribution in [3.63, 3.8) is 0 Å². The minimum absolute atomic E-state index is 0.0360. The smallest absolute Gasteiger partial charge is 0.381 e. The predicted molar refractivity (Wildman–Crippen MR) is 75.5 cm³/mol. The molecular formula is C14H9F3N4O3. The average molecular weight is 338 g/mol. The van der Waals surface area contributed by atoms with Crippen LogP contribution in [0.5, 0.6) is 0 Å². The van der Waals surface area contributed by atoms with Crippen LogP contribution in [0.4, 0.5) is 13.2 Å². The van der Waals surface area contributed by atoms with E-state index in [-0.39, 0.29) is 23.6 Å². The standard InChI is InChI=1S/C14H9F3N4O3/c1-2-7-23-19-8-18-12(22)10-5-3-9(4-6-10)11-20-13(24-21-11)14(15,16)17/h1,3-6,8H,7H2,(H,18,19,22). The van der Waals surface area contributed by atoms with Gasteiger partial charge in [-0.15, -0.1) is 6.42 Å². The number of carbonyl (C=O) groups excluding carboxylic acids is 1. The quantitative estimate of drug-likeness (QED) is 0.296.